The molecule has 0 unspecified atom stereocenters. The molecule has 1 rings (SSSR count). The van der Waals surface area contributed by atoms with Crippen molar-refractivity contribution >= 4 is 5.82 Å². The second-order valence-electron chi connectivity index (χ2n) is 4.73. The highest BCUT2D eigenvalue weighted by molar-refractivity contribution is 5.43. The fourth-order valence-electron chi connectivity index (χ4n) is 1.77. The molecule has 1 N–H and O–H groups in total. The van der Waals surface area contributed by atoms with E-state index in [0.717, 1.165) is 24.6 Å². The summed E-state index contributed by atoms with van der Waals surface area (Å²) in [6.07, 6.45) is 5.39. The molecule has 0 fully saturated rings. The van der Waals surface area contributed by atoms with Crippen LogP contribution in [0.25, 0.3) is 0 Å². The maximum absolute atomic E-state index is 5.39. The van der Waals surface area contributed by atoms with Crippen LogP contribution in [0.2, 0.25) is 0 Å². The molecule has 0 spiro atoms. The Bertz CT molecular complexity index is 418. The Morgan fingerprint density at radius 3 is 2.72 bits per heavy atom. The minimum atomic E-state index is 0.481. The molecule has 0 bridgehead atoms. The van der Waals surface area contributed by atoms with Gasteiger partial charge in [-0.15, -0.1) is 6.42 Å². The van der Waals surface area contributed by atoms with Crippen molar-refractivity contribution in [1.82, 2.24) is 10.3 Å². The molecule has 18 heavy (non-hydrogen) atoms. The monoisotopic (exact) mass is 245 g/mol. The molecule has 1 aromatic rings. The Kier molecular flexibility index (Phi) is 5.67. The van der Waals surface area contributed by atoms with Crippen LogP contribution in [-0.4, -0.2) is 24.1 Å². The largest absolute Gasteiger partial charge is 0.346 e. The Morgan fingerprint density at radius 1 is 1.44 bits per heavy atom. The van der Waals surface area contributed by atoms with Gasteiger partial charge in [0.25, 0.3) is 0 Å². The van der Waals surface area contributed by atoms with Crippen molar-refractivity contribution in [3.63, 3.8) is 0 Å². The number of nitrogens with one attached hydrogen (secondary N) is 1. The number of nitrogens with zero attached hydrogens (tertiary/aromatic N) is 2. The van der Waals surface area contributed by atoms with Crippen LogP contribution in [0.5, 0.6) is 0 Å². The molecule has 0 aliphatic carbocycles. The van der Waals surface area contributed by atoms with Crippen LogP contribution in [0, 0.1) is 19.3 Å². The van der Waals surface area contributed by atoms with Gasteiger partial charge in [0.1, 0.15) is 5.82 Å². The second kappa shape index (κ2) is 7.03. The number of rotatable bonds is 6. The van der Waals surface area contributed by atoms with Gasteiger partial charge in [0.15, 0.2) is 0 Å². The number of aromatic nitrogens is 1. The zero-order valence-corrected chi connectivity index (χ0v) is 11.8. The summed E-state index contributed by atoms with van der Waals surface area (Å²) in [7, 11) is 0. The van der Waals surface area contributed by atoms with Crippen molar-refractivity contribution < 1.29 is 0 Å². The van der Waals surface area contributed by atoms with E-state index in [2.05, 4.69) is 54.0 Å². The van der Waals surface area contributed by atoms with Gasteiger partial charge in [0, 0.05) is 24.8 Å². The molecule has 0 aliphatic rings. The highest BCUT2D eigenvalue weighted by atomic mass is 15.2. The summed E-state index contributed by atoms with van der Waals surface area (Å²) in [5.41, 5.74) is 2.28. The van der Waals surface area contributed by atoms with Crippen molar-refractivity contribution in [2.24, 2.45) is 0 Å². The van der Waals surface area contributed by atoms with Crippen molar-refractivity contribution in [1.29, 1.82) is 0 Å². The van der Waals surface area contributed by atoms with Crippen LogP contribution in [0.1, 0.15) is 32.0 Å². The third-order valence-corrected chi connectivity index (χ3v) is 2.70. The molecule has 0 saturated heterocycles. The van der Waals surface area contributed by atoms with Gasteiger partial charge in [-0.05, 0) is 31.5 Å². The number of anilines is 1. The highest BCUT2D eigenvalue weighted by Crippen LogP contribution is 2.14. The van der Waals surface area contributed by atoms with E-state index in [1.807, 2.05) is 6.92 Å². The average molecular weight is 245 g/mol. The minimum absolute atomic E-state index is 0.481. The van der Waals surface area contributed by atoms with E-state index in [9.17, 15) is 0 Å². The van der Waals surface area contributed by atoms with Crippen LogP contribution in [-0.2, 0) is 6.54 Å². The first-order valence-corrected chi connectivity index (χ1v) is 6.46. The summed E-state index contributed by atoms with van der Waals surface area (Å²) in [5, 5.41) is 3.42. The van der Waals surface area contributed by atoms with Gasteiger partial charge in [0.2, 0.25) is 0 Å². The first-order chi connectivity index (χ1) is 8.56. The summed E-state index contributed by atoms with van der Waals surface area (Å²) in [5.74, 6) is 3.65. The molecule has 0 aromatic carbocycles. The quantitative estimate of drug-likeness (QED) is 0.780. The average Bonchev–Trinajstić information content (AvgIpc) is 2.32. The highest BCUT2D eigenvalue weighted by Gasteiger charge is 2.07. The van der Waals surface area contributed by atoms with Crippen LogP contribution in [0.3, 0.4) is 0 Å². The predicted molar refractivity (Wildman–Crippen MR) is 77.7 cm³/mol. The molecule has 98 valence electrons. The standard InChI is InChI=1S/C15H23N3/c1-6-8-18(7-2)15-10-14(9-13(5)17-15)11-16-12(3)4/h1,9-10,12,16H,7-8,11H2,2-5H3. The van der Waals surface area contributed by atoms with Crippen molar-refractivity contribution in [3.8, 4) is 12.3 Å². The lowest BCUT2D eigenvalue weighted by Crippen LogP contribution is -2.25. The van der Waals surface area contributed by atoms with Gasteiger partial charge in [0.05, 0.1) is 6.54 Å². The van der Waals surface area contributed by atoms with Crippen molar-refractivity contribution in [2.75, 3.05) is 18.0 Å². The molecule has 1 heterocycles. The maximum Gasteiger partial charge on any atom is 0.129 e. The fraction of sp³-hybridized carbons (Fsp3) is 0.533. The Hall–Kier alpha value is -1.53. The number of hydrogen-bond donors (Lipinski definition) is 1. The normalized spacial score (nSPS) is 10.4. The molecule has 1 aromatic heterocycles. The Balaban J connectivity index is 2.89. The topological polar surface area (TPSA) is 28.2 Å². The zero-order valence-electron chi connectivity index (χ0n) is 11.8. The van der Waals surface area contributed by atoms with Gasteiger partial charge in [-0.1, -0.05) is 19.8 Å². The molecule has 0 saturated carbocycles. The molecule has 0 amide bonds. The summed E-state index contributed by atoms with van der Waals surface area (Å²) in [6, 6.07) is 4.71. The number of terminal acetylenes is 1. The van der Waals surface area contributed by atoms with Crippen molar-refractivity contribution in [2.45, 2.75) is 40.3 Å². The van der Waals surface area contributed by atoms with Gasteiger partial charge in [-0.25, -0.2) is 4.98 Å². The van der Waals surface area contributed by atoms with E-state index >= 15 is 0 Å². The minimum Gasteiger partial charge on any atom is -0.346 e. The molecular formula is C15H23N3. The van der Waals surface area contributed by atoms with Gasteiger partial charge < -0.3 is 10.2 Å². The molecule has 0 aliphatic heterocycles. The van der Waals surface area contributed by atoms with E-state index in [0.29, 0.717) is 12.6 Å². The molecule has 0 radical (unpaired) electrons. The smallest absolute Gasteiger partial charge is 0.129 e. The zero-order chi connectivity index (χ0) is 13.5. The summed E-state index contributed by atoms with van der Waals surface area (Å²) in [6.45, 7) is 10.7. The summed E-state index contributed by atoms with van der Waals surface area (Å²) < 4.78 is 0. The van der Waals surface area contributed by atoms with E-state index in [1.165, 1.54) is 5.56 Å². The number of hydrogen-bond acceptors (Lipinski definition) is 3. The van der Waals surface area contributed by atoms with Crippen LogP contribution >= 0.6 is 0 Å². The molecule has 3 nitrogen and oxygen atoms in total. The molecule has 0 atom stereocenters. The van der Waals surface area contributed by atoms with Crippen LogP contribution < -0.4 is 10.2 Å². The molecular weight excluding hydrogens is 222 g/mol. The second-order valence-corrected chi connectivity index (χ2v) is 4.73. The third kappa shape index (κ3) is 4.38. The first-order valence-electron chi connectivity index (χ1n) is 6.46. The van der Waals surface area contributed by atoms with E-state index in [-0.39, 0.29) is 0 Å². The van der Waals surface area contributed by atoms with Gasteiger partial charge in [-0.2, -0.15) is 0 Å². The summed E-state index contributed by atoms with van der Waals surface area (Å²) >= 11 is 0. The summed E-state index contributed by atoms with van der Waals surface area (Å²) in [4.78, 5) is 6.66. The van der Waals surface area contributed by atoms with Crippen LogP contribution in [0.4, 0.5) is 5.82 Å². The predicted octanol–water partition coefficient (Wildman–Crippen LogP) is 2.35. The SMILES string of the molecule is C#CCN(CC)c1cc(CNC(C)C)cc(C)n1. The number of pyridine rings is 1. The lowest BCUT2D eigenvalue weighted by molar-refractivity contribution is 0.588. The fourth-order valence-corrected chi connectivity index (χ4v) is 1.77. The van der Waals surface area contributed by atoms with Crippen LogP contribution in [0.15, 0.2) is 12.1 Å². The number of aryl methyl sites for hydroxylation is 1. The third-order valence-electron chi connectivity index (χ3n) is 2.70. The van der Waals surface area contributed by atoms with Gasteiger partial charge in [-0.3, -0.25) is 0 Å². The van der Waals surface area contributed by atoms with E-state index in [4.69, 9.17) is 6.42 Å². The van der Waals surface area contributed by atoms with Gasteiger partial charge >= 0.3 is 0 Å². The first kappa shape index (κ1) is 14.5. The maximum atomic E-state index is 5.39. The van der Waals surface area contributed by atoms with E-state index in [1.54, 1.807) is 0 Å². The Morgan fingerprint density at radius 2 is 2.17 bits per heavy atom. The van der Waals surface area contributed by atoms with Crippen molar-refractivity contribution in [3.05, 3.63) is 23.4 Å². The van der Waals surface area contributed by atoms with E-state index < -0.39 is 0 Å². The molecule has 3 heteroatoms. The Labute approximate surface area is 111 Å². The lowest BCUT2D eigenvalue weighted by atomic mass is 10.2. The lowest BCUT2D eigenvalue weighted by Gasteiger charge is -2.20.